The normalized spacial score (nSPS) is 10.4. The smallest absolute Gasteiger partial charge is 0.124 e. The van der Waals surface area contributed by atoms with Gasteiger partial charge in [0, 0.05) is 17.8 Å². The van der Waals surface area contributed by atoms with Crippen molar-refractivity contribution < 1.29 is 9.84 Å². The van der Waals surface area contributed by atoms with Crippen LogP contribution >= 0.6 is 23.2 Å². The molecule has 0 saturated heterocycles. The van der Waals surface area contributed by atoms with Gasteiger partial charge in [-0.3, -0.25) is 0 Å². The predicted molar refractivity (Wildman–Crippen MR) is 82.7 cm³/mol. The summed E-state index contributed by atoms with van der Waals surface area (Å²) in [6.45, 7) is 0.479. The first-order valence-corrected chi connectivity index (χ1v) is 6.86. The molecule has 0 atom stereocenters. The lowest BCUT2D eigenvalue weighted by Gasteiger charge is -2.12. The van der Waals surface area contributed by atoms with Crippen LogP contribution in [0.1, 0.15) is 11.1 Å². The van der Waals surface area contributed by atoms with Crippen LogP contribution in [0.5, 0.6) is 5.75 Å². The summed E-state index contributed by atoms with van der Waals surface area (Å²) in [5.41, 5.74) is 2.53. The minimum absolute atomic E-state index is 0.0728. The zero-order valence-corrected chi connectivity index (χ0v) is 12.5. The standard InChI is InChI=1S/C15H15Cl2NO2/c1-20-14-6-5-12(7-11(14)9-19)18-8-10-3-2-4-13(16)15(10)17/h2-7,18-19H,8-9H2,1H3. The van der Waals surface area contributed by atoms with E-state index in [2.05, 4.69) is 5.32 Å². The molecule has 0 spiro atoms. The number of aliphatic hydroxyl groups excluding tert-OH is 1. The first-order chi connectivity index (χ1) is 9.65. The Bertz CT molecular complexity index is 602. The number of nitrogens with one attached hydrogen (secondary N) is 1. The van der Waals surface area contributed by atoms with Crippen LogP contribution in [0.15, 0.2) is 36.4 Å². The number of anilines is 1. The first-order valence-electron chi connectivity index (χ1n) is 6.10. The molecule has 0 radical (unpaired) electrons. The lowest BCUT2D eigenvalue weighted by molar-refractivity contribution is 0.274. The molecule has 0 bridgehead atoms. The Morgan fingerprint density at radius 1 is 1.15 bits per heavy atom. The molecule has 0 aromatic heterocycles. The van der Waals surface area contributed by atoms with Crippen molar-refractivity contribution in [1.29, 1.82) is 0 Å². The van der Waals surface area contributed by atoms with Gasteiger partial charge in [0.15, 0.2) is 0 Å². The van der Waals surface area contributed by atoms with Crippen LogP contribution in [-0.2, 0) is 13.2 Å². The van der Waals surface area contributed by atoms with E-state index in [1.54, 1.807) is 13.2 Å². The summed E-state index contributed by atoms with van der Waals surface area (Å²) in [6, 6.07) is 11.1. The topological polar surface area (TPSA) is 41.5 Å². The Kier molecular flexibility index (Phi) is 5.12. The van der Waals surface area contributed by atoms with E-state index in [9.17, 15) is 5.11 Å². The number of aliphatic hydroxyl groups is 1. The van der Waals surface area contributed by atoms with Crippen molar-refractivity contribution in [1.82, 2.24) is 0 Å². The molecule has 20 heavy (non-hydrogen) atoms. The summed E-state index contributed by atoms with van der Waals surface area (Å²) in [6.07, 6.45) is 0. The Balaban J connectivity index is 2.13. The maximum Gasteiger partial charge on any atom is 0.124 e. The molecule has 3 nitrogen and oxygen atoms in total. The SMILES string of the molecule is COc1ccc(NCc2cccc(Cl)c2Cl)cc1CO. The fraction of sp³-hybridized carbons (Fsp3) is 0.200. The molecule has 0 aliphatic rings. The van der Waals surface area contributed by atoms with Gasteiger partial charge in [0.25, 0.3) is 0 Å². The minimum atomic E-state index is -0.0728. The van der Waals surface area contributed by atoms with Gasteiger partial charge >= 0.3 is 0 Å². The number of hydrogen-bond donors (Lipinski definition) is 2. The summed E-state index contributed by atoms with van der Waals surface area (Å²) in [5.74, 6) is 0.666. The zero-order valence-electron chi connectivity index (χ0n) is 11.0. The van der Waals surface area contributed by atoms with Gasteiger partial charge in [-0.25, -0.2) is 0 Å². The van der Waals surface area contributed by atoms with E-state index in [1.165, 1.54) is 0 Å². The molecule has 106 valence electrons. The molecule has 0 saturated carbocycles. The van der Waals surface area contributed by atoms with Gasteiger partial charge < -0.3 is 15.2 Å². The number of ether oxygens (including phenoxy) is 1. The molecule has 0 amide bonds. The predicted octanol–water partition coefficient (Wildman–Crippen LogP) is 4.11. The molecule has 0 aliphatic heterocycles. The van der Waals surface area contributed by atoms with Crippen LogP contribution in [0, 0.1) is 0 Å². The van der Waals surface area contributed by atoms with Crippen LogP contribution in [0.25, 0.3) is 0 Å². The largest absolute Gasteiger partial charge is 0.496 e. The quantitative estimate of drug-likeness (QED) is 0.873. The highest BCUT2D eigenvalue weighted by atomic mass is 35.5. The molecule has 2 rings (SSSR count). The van der Waals surface area contributed by atoms with Crippen LogP contribution in [0.4, 0.5) is 5.69 Å². The third-order valence-electron chi connectivity index (χ3n) is 2.97. The van der Waals surface area contributed by atoms with Gasteiger partial charge in [-0.05, 0) is 29.8 Å². The zero-order chi connectivity index (χ0) is 14.5. The Morgan fingerprint density at radius 3 is 2.65 bits per heavy atom. The van der Waals surface area contributed by atoms with Crippen molar-refractivity contribution in [2.45, 2.75) is 13.2 Å². The van der Waals surface area contributed by atoms with Crippen LogP contribution in [0.2, 0.25) is 10.0 Å². The van der Waals surface area contributed by atoms with Gasteiger partial charge in [0.05, 0.1) is 23.8 Å². The van der Waals surface area contributed by atoms with E-state index in [4.69, 9.17) is 27.9 Å². The van der Waals surface area contributed by atoms with Crippen LogP contribution in [-0.4, -0.2) is 12.2 Å². The lowest BCUT2D eigenvalue weighted by Crippen LogP contribution is -2.01. The van der Waals surface area contributed by atoms with Crippen molar-refractivity contribution in [2.75, 3.05) is 12.4 Å². The maximum atomic E-state index is 9.29. The lowest BCUT2D eigenvalue weighted by atomic mass is 10.1. The van der Waals surface area contributed by atoms with E-state index in [0.717, 1.165) is 16.8 Å². The van der Waals surface area contributed by atoms with Gasteiger partial charge in [0.1, 0.15) is 5.75 Å². The van der Waals surface area contributed by atoms with Crippen molar-refractivity contribution in [2.24, 2.45) is 0 Å². The molecular weight excluding hydrogens is 297 g/mol. The Hall–Kier alpha value is -1.42. The molecule has 0 heterocycles. The molecule has 5 heteroatoms. The molecular formula is C15H15Cl2NO2. The number of rotatable bonds is 5. The van der Waals surface area contributed by atoms with Gasteiger partial charge in [-0.2, -0.15) is 0 Å². The number of hydrogen-bond acceptors (Lipinski definition) is 3. The van der Waals surface area contributed by atoms with Crippen molar-refractivity contribution in [3.63, 3.8) is 0 Å². The molecule has 0 unspecified atom stereocenters. The van der Waals surface area contributed by atoms with Gasteiger partial charge in [-0.15, -0.1) is 0 Å². The van der Waals surface area contributed by atoms with E-state index < -0.39 is 0 Å². The van der Waals surface area contributed by atoms with E-state index in [0.29, 0.717) is 22.3 Å². The van der Waals surface area contributed by atoms with Crippen LogP contribution < -0.4 is 10.1 Å². The monoisotopic (exact) mass is 311 g/mol. The number of benzene rings is 2. The highest BCUT2D eigenvalue weighted by Crippen LogP contribution is 2.27. The molecule has 0 aliphatic carbocycles. The fourth-order valence-corrected chi connectivity index (χ4v) is 2.28. The second kappa shape index (κ2) is 6.84. The Morgan fingerprint density at radius 2 is 1.95 bits per heavy atom. The molecule has 2 aromatic rings. The van der Waals surface area contributed by atoms with Gasteiger partial charge in [0.2, 0.25) is 0 Å². The van der Waals surface area contributed by atoms with Crippen molar-refractivity contribution in [3.8, 4) is 5.75 Å². The summed E-state index contributed by atoms with van der Waals surface area (Å²) in [5, 5.41) is 13.6. The molecule has 2 N–H and O–H groups in total. The Labute approximate surface area is 128 Å². The van der Waals surface area contributed by atoms with E-state index in [-0.39, 0.29) is 6.61 Å². The second-order valence-electron chi connectivity index (χ2n) is 4.25. The summed E-state index contributed by atoms with van der Waals surface area (Å²) >= 11 is 12.1. The highest BCUT2D eigenvalue weighted by molar-refractivity contribution is 6.42. The average Bonchev–Trinajstić information content (AvgIpc) is 2.48. The van der Waals surface area contributed by atoms with Gasteiger partial charge in [-0.1, -0.05) is 35.3 Å². The van der Waals surface area contributed by atoms with E-state index >= 15 is 0 Å². The number of halogens is 2. The van der Waals surface area contributed by atoms with E-state index in [1.807, 2.05) is 30.3 Å². The van der Waals surface area contributed by atoms with Crippen LogP contribution in [0.3, 0.4) is 0 Å². The third kappa shape index (κ3) is 3.37. The average molecular weight is 312 g/mol. The van der Waals surface area contributed by atoms with Crippen molar-refractivity contribution >= 4 is 28.9 Å². The first kappa shape index (κ1) is 15.0. The number of methoxy groups -OCH3 is 1. The molecule has 2 aromatic carbocycles. The highest BCUT2D eigenvalue weighted by Gasteiger charge is 2.06. The molecule has 0 fully saturated rings. The summed E-state index contributed by atoms with van der Waals surface area (Å²) < 4.78 is 5.16. The minimum Gasteiger partial charge on any atom is -0.496 e. The fourth-order valence-electron chi connectivity index (χ4n) is 1.89. The summed E-state index contributed by atoms with van der Waals surface area (Å²) in [7, 11) is 1.58. The second-order valence-corrected chi connectivity index (χ2v) is 5.04. The maximum absolute atomic E-state index is 9.29. The van der Waals surface area contributed by atoms with Crippen molar-refractivity contribution in [3.05, 3.63) is 57.6 Å². The third-order valence-corrected chi connectivity index (χ3v) is 3.82. The summed E-state index contributed by atoms with van der Waals surface area (Å²) in [4.78, 5) is 0.